The van der Waals surface area contributed by atoms with Gasteiger partial charge in [-0.1, -0.05) is 23.7 Å². The standard InChI is InChI=1S/C27H31ClFN3O3/c1-3-31(4-2)27(35)25(33)22-16-30-24-15-23(28)21(14-20(22)24)26(34)32-11-9-18(10-12-32)13-17-5-7-19(29)8-6-17/h5-8,14-15,18,22,30H,3-4,9-13,16H2,1-2H3. The molecule has 186 valence electrons. The Balaban J connectivity index is 1.45. The molecular weight excluding hydrogens is 469 g/mol. The highest BCUT2D eigenvalue weighted by atomic mass is 35.5. The van der Waals surface area contributed by atoms with Crippen molar-refractivity contribution in [3.63, 3.8) is 0 Å². The maximum Gasteiger partial charge on any atom is 0.290 e. The molecule has 2 amide bonds. The van der Waals surface area contributed by atoms with Crippen molar-refractivity contribution >= 4 is 34.9 Å². The third-order valence-electron chi connectivity index (χ3n) is 7.16. The van der Waals surface area contributed by atoms with Crippen molar-refractivity contribution in [1.29, 1.82) is 0 Å². The van der Waals surface area contributed by atoms with E-state index < -0.39 is 17.6 Å². The van der Waals surface area contributed by atoms with Crippen molar-refractivity contribution in [2.24, 2.45) is 5.92 Å². The quantitative estimate of drug-likeness (QED) is 0.569. The molecule has 8 heteroatoms. The summed E-state index contributed by atoms with van der Waals surface area (Å²) < 4.78 is 13.2. The van der Waals surface area contributed by atoms with Gasteiger partial charge in [-0.05, 0) is 74.4 Å². The van der Waals surface area contributed by atoms with Gasteiger partial charge in [-0.2, -0.15) is 0 Å². The van der Waals surface area contributed by atoms with Gasteiger partial charge >= 0.3 is 0 Å². The number of carbonyl (C=O) groups is 3. The summed E-state index contributed by atoms with van der Waals surface area (Å²) in [7, 11) is 0. The van der Waals surface area contributed by atoms with Crippen molar-refractivity contribution in [3.05, 3.63) is 63.9 Å². The number of carbonyl (C=O) groups excluding carboxylic acids is 3. The molecule has 1 atom stereocenters. The Morgan fingerprint density at radius 1 is 1.09 bits per heavy atom. The molecule has 2 aromatic carbocycles. The third-order valence-corrected chi connectivity index (χ3v) is 7.47. The lowest BCUT2D eigenvalue weighted by molar-refractivity contribution is -0.145. The van der Waals surface area contributed by atoms with Gasteiger partial charge in [0.05, 0.1) is 16.5 Å². The minimum absolute atomic E-state index is 0.161. The molecular formula is C27H31ClFN3O3. The van der Waals surface area contributed by atoms with E-state index in [1.165, 1.54) is 17.0 Å². The van der Waals surface area contributed by atoms with Crippen LogP contribution in [0.1, 0.15) is 54.1 Å². The largest absolute Gasteiger partial charge is 0.384 e. The molecule has 2 aromatic rings. The molecule has 0 aromatic heterocycles. The van der Waals surface area contributed by atoms with Crippen LogP contribution in [0.4, 0.5) is 10.1 Å². The Morgan fingerprint density at radius 3 is 2.37 bits per heavy atom. The lowest BCUT2D eigenvalue weighted by Gasteiger charge is -2.32. The van der Waals surface area contributed by atoms with Crippen LogP contribution in [0, 0.1) is 11.7 Å². The van der Waals surface area contributed by atoms with Gasteiger partial charge in [-0.3, -0.25) is 14.4 Å². The van der Waals surface area contributed by atoms with E-state index in [4.69, 9.17) is 11.6 Å². The van der Waals surface area contributed by atoms with Crippen LogP contribution < -0.4 is 5.32 Å². The van der Waals surface area contributed by atoms with Gasteiger partial charge in [0.25, 0.3) is 11.8 Å². The smallest absolute Gasteiger partial charge is 0.290 e. The number of ketones is 1. The van der Waals surface area contributed by atoms with Crippen LogP contribution in [-0.4, -0.2) is 60.1 Å². The van der Waals surface area contributed by atoms with Gasteiger partial charge in [-0.25, -0.2) is 4.39 Å². The number of piperidine rings is 1. The monoisotopic (exact) mass is 499 g/mol. The van der Waals surface area contributed by atoms with Crippen molar-refractivity contribution < 1.29 is 18.8 Å². The molecule has 4 rings (SSSR count). The Labute approximate surface area is 210 Å². The molecule has 0 spiro atoms. The summed E-state index contributed by atoms with van der Waals surface area (Å²) >= 11 is 6.48. The minimum Gasteiger partial charge on any atom is -0.384 e. The maximum atomic E-state index is 13.4. The van der Waals surface area contributed by atoms with Gasteiger partial charge in [0.1, 0.15) is 5.82 Å². The molecule has 0 bridgehead atoms. The first kappa shape index (κ1) is 25.2. The van der Waals surface area contributed by atoms with E-state index in [1.807, 2.05) is 26.0 Å². The number of likely N-dealkylation sites (tertiary alicyclic amines) is 1. The van der Waals surface area contributed by atoms with E-state index in [-0.39, 0.29) is 11.7 Å². The summed E-state index contributed by atoms with van der Waals surface area (Å²) in [5.74, 6) is -1.58. The maximum absolute atomic E-state index is 13.4. The number of amides is 2. The number of anilines is 1. The molecule has 35 heavy (non-hydrogen) atoms. The van der Waals surface area contributed by atoms with Crippen LogP contribution in [0.5, 0.6) is 0 Å². The fourth-order valence-electron chi connectivity index (χ4n) is 5.03. The van der Waals surface area contributed by atoms with Gasteiger partial charge in [0, 0.05) is 38.4 Å². The molecule has 0 saturated carbocycles. The zero-order valence-electron chi connectivity index (χ0n) is 20.2. The number of hydrogen-bond donors (Lipinski definition) is 1. The second kappa shape index (κ2) is 10.8. The van der Waals surface area contributed by atoms with E-state index in [0.717, 1.165) is 24.8 Å². The van der Waals surface area contributed by atoms with Crippen LogP contribution in [0.2, 0.25) is 5.02 Å². The molecule has 2 heterocycles. The average Bonchev–Trinajstić information content (AvgIpc) is 3.27. The zero-order chi connectivity index (χ0) is 25.1. The predicted octanol–water partition coefficient (Wildman–Crippen LogP) is 4.52. The summed E-state index contributed by atoms with van der Waals surface area (Å²) in [4.78, 5) is 42.3. The molecule has 0 radical (unpaired) electrons. The Bertz CT molecular complexity index is 1110. The molecule has 2 aliphatic heterocycles. The molecule has 1 saturated heterocycles. The molecule has 1 fully saturated rings. The van der Waals surface area contributed by atoms with Crippen LogP contribution in [0.15, 0.2) is 36.4 Å². The minimum atomic E-state index is -0.636. The SMILES string of the molecule is CCN(CC)C(=O)C(=O)C1CNc2cc(Cl)c(C(=O)N3CCC(Cc4ccc(F)cc4)CC3)cc21. The van der Waals surface area contributed by atoms with Crippen LogP contribution in [-0.2, 0) is 16.0 Å². The number of rotatable bonds is 7. The van der Waals surface area contributed by atoms with Crippen molar-refractivity contribution in [1.82, 2.24) is 9.80 Å². The normalized spacial score (nSPS) is 17.6. The van der Waals surface area contributed by atoms with Gasteiger partial charge in [0.15, 0.2) is 0 Å². The number of benzene rings is 2. The Morgan fingerprint density at radius 2 is 1.74 bits per heavy atom. The van der Waals surface area contributed by atoms with Crippen molar-refractivity contribution in [2.45, 2.75) is 39.0 Å². The number of likely N-dealkylation sites (N-methyl/N-ethyl adjacent to an activating group) is 1. The van der Waals surface area contributed by atoms with E-state index >= 15 is 0 Å². The van der Waals surface area contributed by atoms with Crippen LogP contribution in [0.25, 0.3) is 0 Å². The first-order valence-corrected chi connectivity index (χ1v) is 12.6. The summed E-state index contributed by atoms with van der Waals surface area (Å²) in [6, 6.07) is 9.95. The van der Waals surface area contributed by atoms with Crippen molar-refractivity contribution in [2.75, 3.05) is 38.0 Å². The predicted molar refractivity (Wildman–Crippen MR) is 134 cm³/mol. The lowest BCUT2D eigenvalue weighted by atomic mass is 9.89. The number of halogens is 2. The van der Waals surface area contributed by atoms with Gasteiger partial charge < -0.3 is 15.1 Å². The molecule has 0 aliphatic carbocycles. The van der Waals surface area contributed by atoms with E-state index in [1.54, 1.807) is 17.0 Å². The first-order valence-electron chi connectivity index (χ1n) is 12.3. The number of hydrogen-bond acceptors (Lipinski definition) is 4. The van der Waals surface area contributed by atoms with E-state index in [0.29, 0.717) is 60.5 Å². The summed E-state index contributed by atoms with van der Waals surface area (Å²) in [5, 5.41) is 3.49. The first-order chi connectivity index (χ1) is 16.8. The third kappa shape index (κ3) is 5.35. The molecule has 6 nitrogen and oxygen atoms in total. The summed E-state index contributed by atoms with van der Waals surface area (Å²) in [6.07, 6.45) is 2.57. The number of nitrogens with zero attached hydrogens (tertiary/aromatic N) is 2. The highest BCUT2D eigenvalue weighted by molar-refractivity contribution is 6.39. The second-order valence-corrected chi connectivity index (χ2v) is 9.67. The van der Waals surface area contributed by atoms with E-state index in [2.05, 4.69) is 5.32 Å². The molecule has 2 aliphatic rings. The van der Waals surface area contributed by atoms with Crippen LogP contribution in [0.3, 0.4) is 0 Å². The number of fused-ring (bicyclic) bond motifs is 1. The molecule has 1 N–H and O–H groups in total. The van der Waals surface area contributed by atoms with E-state index in [9.17, 15) is 18.8 Å². The van der Waals surface area contributed by atoms with Gasteiger partial charge in [-0.15, -0.1) is 0 Å². The average molecular weight is 500 g/mol. The lowest BCUT2D eigenvalue weighted by Crippen LogP contribution is -2.39. The van der Waals surface area contributed by atoms with Crippen LogP contribution >= 0.6 is 11.6 Å². The number of Topliss-reactive ketones (excluding diaryl/α,β-unsaturated/α-hetero) is 1. The zero-order valence-corrected chi connectivity index (χ0v) is 20.9. The number of nitrogens with one attached hydrogen (secondary N) is 1. The van der Waals surface area contributed by atoms with Gasteiger partial charge in [0.2, 0.25) is 5.78 Å². The van der Waals surface area contributed by atoms with Crippen molar-refractivity contribution in [3.8, 4) is 0 Å². The Hall–Kier alpha value is -2.93. The fraction of sp³-hybridized carbons (Fsp3) is 0.444. The second-order valence-electron chi connectivity index (χ2n) is 9.26. The topological polar surface area (TPSA) is 69.7 Å². The fourth-order valence-corrected chi connectivity index (χ4v) is 5.28. The highest BCUT2D eigenvalue weighted by Crippen LogP contribution is 2.37. The summed E-state index contributed by atoms with van der Waals surface area (Å²) in [6.45, 7) is 6.15. The Kier molecular flexibility index (Phi) is 7.75. The summed E-state index contributed by atoms with van der Waals surface area (Å²) in [5.41, 5.74) is 2.80. The molecule has 1 unspecified atom stereocenters. The highest BCUT2D eigenvalue weighted by Gasteiger charge is 2.36.